The average Bonchev–Trinajstić information content (AvgIpc) is 2.76. The first-order valence-corrected chi connectivity index (χ1v) is 11.2. The number of amides is 1. The summed E-state index contributed by atoms with van der Waals surface area (Å²) in [5, 5.41) is 0. The molecular weight excluding hydrogens is 476 g/mol. The van der Waals surface area contributed by atoms with Crippen LogP contribution in [0.2, 0.25) is 0 Å². The Kier molecular flexibility index (Phi) is 7.03. The van der Waals surface area contributed by atoms with Gasteiger partial charge in [0, 0.05) is 45.0 Å². The number of hydrogen-bond donors (Lipinski definition) is 0. The lowest BCUT2D eigenvalue weighted by Gasteiger charge is -2.34. The minimum absolute atomic E-state index is 0.0316. The van der Waals surface area contributed by atoms with Crippen LogP contribution in [0.4, 0.5) is 26.3 Å². The Morgan fingerprint density at radius 1 is 0.939 bits per heavy atom. The summed E-state index contributed by atoms with van der Waals surface area (Å²) in [6.07, 6.45) is -6.54. The van der Waals surface area contributed by atoms with Gasteiger partial charge in [-0.3, -0.25) is 9.78 Å². The largest absolute Gasteiger partial charge is 0.416 e. The Balaban J connectivity index is 1.72. The number of halogens is 6. The van der Waals surface area contributed by atoms with E-state index >= 15 is 0 Å². The summed E-state index contributed by atoms with van der Waals surface area (Å²) < 4.78 is 105. The number of piperazine rings is 1. The van der Waals surface area contributed by atoms with Crippen molar-refractivity contribution >= 4 is 15.9 Å². The van der Waals surface area contributed by atoms with Crippen molar-refractivity contribution in [1.29, 1.82) is 0 Å². The van der Waals surface area contributed by atoms with Crippen molar-refractivity contribution in [2.24, 2.45) is 0 Å². The molecule has 0 spiro atoms. The number of alkyl halides is 6. The van der Waals surface area contributed by atoms with Gasteiger partial charge >= 0.3 is 12.4 Å². The molecule has 0 aliphatic carbocycles. The number of carbonyl (C=O) groups is 1. The lowest BCUT2D eigenvalue weighted by Crippen LogP contribution is -2.50. The molecule has 2 heterocycles. The van der Waals surface area contributed by atoms with Crippen molar-refractivity contribution in [2.75, 3.05) is 26.2 Å². The molecule has 3 rings (SSSR count). The van der Waals surface area contributed by atoms with Gasteiger partial charge in [-0.05, 0) is 36.2 Å². The van der Waals surface area contributed by atoms with Gasteiger partial charge in [-0.15, -0.1) is 0 Å². The molecule has 180 valence electrons. The van der Waals surface area contributed by atoms with Crippen LogP contribution in [0, 0.1) is 0 Å². The first-order chi connectivity index (χ1) is 15.3. The van der Waals surface area contributed by atoms with Crippen molar-refractivity contribution < 1.29 is 39.6 Å². The molecule has 1 saturated heterocycles. The third-order valence-electron chi connectivity index (χ3n) is 5.14. The van der Waals surface area contributed by atoms with Crippen molar-refractivity contribution in [3.8, 4) is 0 Å². The number of sulfonamides is 1. The minimum Gasteiger partial charge on any atom is -0.340 e. The fourth-order valence-electron chi connectivity index (χ4n) is 3.36. The Morgan fingerprint density at radius 2 is 1.52 bits per heavy atom. The second-order valence-electron chi connectivity index (χ2n) is 7.39. The molecule has 1 aromatic carbocycles. The normalized spacial score (nSPS) is 16.1. The Morgan fingerprint density at radius 3 is 2.00 bits per heavy atom. The molecule has 0 bridgehead atoms. The number of benzene rings is 1. The van der Waals surface area contributed by atoms with Crippen LogP contribution >= 0.6 is 0 Å². The molecule has 1 fully saturated rings. The zero-order chi connectivity index (χ0) is 24.4. The van der Waals surface area contributed by atoms with Crippen LogP contribution in [-0.2, 0) is 33.6 Å². The third kappa shape index (κ3) is 6.02. The zero-order valence-corrected chi connectivity index (χ0v) is 17.8. The van der Waals surface area contributed by atoms with Crippen LogP contribution in [-0.4, -0.2) is 54.7 Å². The maximum absolute atomic E-state index is 13.1. The van der Waals surface area contributed by atoms with Gasteiger partial charge in [-0.2, -0.15) is 30.6 Å². The quantitative estimate of drug-likeness (QED) is 0.595. The monoisotopic (exact) mass is 495 g/mol. The Bertz CT molecular complexity index is 1060. The lowest BCUT2D eigenvalue weighted by molar-refractivity contribution is -0.143. The summed E-state index contributed by atoms with van der Waals surface area (Å²) >= 11 is 0. The second-order valence-corrected chi connectivity index (χ2v) is 9.33. The molecule has 33 heavy (non-hydrogen) atoms. The first-order valence-electron chi connectivity index (χ1n) is 9.75. The van der Waals surface area contributed by atoms with E-state index < -0.39 is 38.4 Å². The van der Waals surface area contributed by atoms with Crippen molar-refractivity contribution in [1.82, 2.24) is 14.2 Å². The van der Waals surface area contributed by atoms with Gasteiger partial charge in [0.2, 0.25) is 15.9 Å². The smallest absolute Gasteiger partial charge is 0.340 e. The van der Waals surface area contributed by atoms with Gasteiger partial charge in [0.25, 0.3) is 0 Å². The molecule has 0 radical (unpaired) electrons. The topological polar surface area (TPSA) is 70.6 Å². The second kappa shape index (κ2) is 9.29. The van der Waals surface area contributed by atoms with Crippen molar-refractivity contribution in [3.05, 3.63) is 59.4 Å². The zero-order valence-electron chi connectivity index (χ0n) is 17.0. The van der Waals surface area contributed by atoms with E-state index in [0.717, 1.165) is 9.87 Å². The Hall–Kier alpha value is -2.67. The number of rotatable bonds is 5. The summed E-state index contributed by atoms with van der Waals surface area (Å²) in [6, 6.07) is 3.78. The van der Waals surface area contributed by atoms with E-state index in [0.29, 0.717) is 6.42 Å². The van der Waals surface area contributed by atoms with E-state index in [-0.39, 0.29) is 56.7 Å². The van der Waals surface area contributed by atoms with Crippen LogP contribution < -0.4 is 0 Å². The van der Waals surface area contributed by atoms with Gasteiger partial charge < -0.3 is 4.90 Å². The van der Waals surface area contributed by atoms with Crippen LogP contribution in [0.1, 0.15) is 23.1 Å². The van der Waals surface area contributed by atoms with Crippen LogP contribution in [0.3, 0.4) is 0 Å². The lowest BCUT2D eigenvalue weighted by atomic mass is 10.1. The third-order valence-corrected chi connectivity index (χ3v) is 7.02. The van der Waals surface area contributed by atoms with Gasteiger partial charge in [-0.25, -0.2) is 8.42 Å². The molecule has 1 aliphatic heterocycles. The van der Waals surface area contributed by atoms with Gasteiger partial charge in [0.05, 0.1) is 16.0 Å². The average molecular weight is 495 g/mol. The molecule has 1 aliphatic rings. The first kappa shape index (κ1) is 25.0. The summed E-state index contributed by atoms with van der Waals surface area (Å²) in [5.74, 6) is -0.241. The molecule has 1 amide bonds. The van der Waals surface area contributed by atoms with Gasteiger partial charge in [-0.1, -0.05) is 6.07 Å². The molecule has 0 N–H and O–H groups in total. The molecule has 6 nitrogen and oxygen atoms in total. The summed E-state index contributed by atoms with van der Waals surface area (Å²) in [4.78, 5) is 16.7. The number of carbonyl (C=O) groups excluding carboxylic acids is 1. The fraction of sp³-hybridized carbons (Fsp3) is 0.400. The summed E-state index contributed by atoms with van der Waals surface area (Å²) in [5.41, 5.74) is -2.57. The highest BCUT2D eigenvalue weighted by Crippen LogP contribution is 2.37. The predicted molar refractivity (Wildman–Crippen MR) is 104 cm³/mol. The maximum Gasteiger partial charge on any atom is 0.416 e. The molecule has 13 heteroatoms. The standard InChI is InChI=1S/C20H19F6N3O3S/c21-19(22,23)15-10-16(20(24,25)26)12-17(11-15)33(31,32)29-8-6-28(7-9-29)18(30)4-3-14-2-1-5-27-13-14/h1-2,5,10-13H,3-4,6-9H2. The summed E-state index contributed by atoms with van der Waals surface area (Å²) in [6.45, 7) is -0.566. The molecule has 1 aromatic heterocycles. The van der Waals surface area contributed by atoms with E-state index in [1.54, 1.807) is 24.5 Å². The number of pyridine rings is 1. The SMILES string of the molecule is O=C(CCc1cccnc1)N1CCN(S(=O)(=O)c2cc(C(F)(F)F)cc(C(F)(F)F)c2)CC1. The highest BCUT2D eigenvalue weighted by atomic mass is 32.2. The number of hydrogen-bond acceptors (Lipinski definition) is 4. The van der Waals surface area contributed by atoms with Crippen molar-refractivity contribution in [2.45, 2.75) is 30.1 Å². The van der Waals surface area contributed by atoms with Gasteiger partial charge in [0.1, 0.15) is 0 Å². The Labute approximate surface area is 185 Å². The van der Waals surface area contributed by atoms with E-state index in [4.69, 9.17) is 0 Å². The van der Waals surface area contributed by atoms with Crippen molar-refractivity contribution in [3.63, 3.8) is 0 Å². The molecule has 0 atom stereocenters. The van der Waals surface area contributed by atoms with E-state index in [1.165, 1.54) is 4.90 Å². The van der Waals surface area contributed by atoms with E-state index in [9.17, 15) is 39.6 Å². The molecule has 0 saturated carbocycles. The minimum atomic E-state index is -5.16. The number of aryl methyl sites for hydroxylation is 1. The van der Waals surface area contributed by atoms with E-state index in [2.05, 4.69) is 4.98 Å². The molecule has 2 aromatic rings. The number of nitrogens with zero attached hydrogens (tertiary/aromatic N) is 3. The maximum atomic E-state index is 13.1. The van der Waals surface area contributed by atoms with E-state index in [1.807, 2.05) is 0 Å². The molecular formula is C20H19F6N3O3S. The fourth-order valence-corrected chi connectivity index (χ4v) is 4.85. The van der Waals surface area contributed by atoms with Crippen LogP contribution in [0.25, 0.3) is 0 Å². The number of aromatic nitrogens is 1. The highest BCUT2D eigenvalue weighted by molar-refractivity contribution is 7.89. The molecule has 0 unspecified atom stereocenters. The highest BCUT2D eigenvalue weighted by Gasteiger charge is 2.39. The van der Waals surface area contributed by atoms with Crippen LogP contribution in [0.5, 0.6) is 0 Å². The predicted octanol–water partition coefficient (Wildman–Crippen LogP) is 3.58. The van der Waals surface area contributed by atoms with Crippen LogP contribution in [0.15, 0.2) is 47.6 Å². The summed E-state index contributed by atoms with van der Waals surface area (Å²) in [7, 11) is -4.64. The van der Waals surface area contributed by atoms with Gasteiger partial charge in [0.15, 0.2) is 0 Å².